The lowest BCUT2D eigenvalue weighted by atomic mass is 9.77. The average molecular weight is 258 g/mol. The maximum Gasteiger partial charge on any atom is 0.0818 e. The van der Waals surface area contributed by atoms with Gasteiger partial charge in [-0.1, -0.05) is 50.5 Å². The normalized spacial score (nSPS) is 29.8. The van der Waals surface area contributed by atoms with E-state index >= 15 is 0 Å². The third-order valence-corrected chi connectivity index (χ3v) is 5.36. The van der Waals surface area contributed by atoms with E-state index in [1.54, 1.807) is 0 Å². The maximum atomic E-state index is 10.5. The van der Waals surface area contributed by atoms with E-state index in [1.807, 2.05) is 0 Å². The molecular formula is C18H26O. The molecule has 0 spiro atoms. The molecule has 0 aromatic heterocycles. The Balaban J connectivity index is 1.64. The molecule has 1 heteroatoms. The highest BCUT2D eigenvalue weighted by Gasteiger charge is 2.26. The number of hydrogen-bond acceptors (Lipinski definition) is 1. The first-order chi connectivity index (χ1) is 9.24. The summed E-state index contributed by atoms with van der Waals surface area (Å²) in [5, 5.41) is 10.5. The lowest BCUT2D eigenvalue weighted by Gasteiger charge is -2.30. The minimum absolute atomic E-state index is 0.247. The summed E-state index contributed by atoms with van der Waals surface area (Å²) in [7, 11) is 0. The Morgan fingerprint density at radius 2 is 1.58 bits per heavy atom. The Kier molecular flexibility index (Phi) is 3.93. The van der Waals surface area contributed by atoms with Gasteiger partial charge in [-0.3, -0.25) is 0 Å². The van der Waals surface area contributed by atoms with Gasteiger partial charge in [0.1, 0.15) is 0 Å². The zero-order chi connectivity index (χ0) is 13.2. The second-order valence-corrected chi connectivity index (χ2v) is 6.76. The Hall–Kier alpha value is -0.820. The Morgan fingerprint density at radius 3 is 2.11 bits per heavy atom. The van der Waals surface area contributed by atoms with Gasteiger partial charge in [-0.2, -0.15) is 0 Å². The maximum absolute atomic E-state index is 10.5. The second-order valence-electron chi connectivity index (χ2n) is 6.76. The van der Waals surface area contributed by atoms with E-state index in [0.717, 1.165) is 17.4 Å². The molecule has 0 aliphatic heterocycles. The zero-order valence-electron chi connectivity index (χ0n) is 12.0. The molecule has 0 saturated heterocycles. The van der Waals surface area contributed by atoms with Crippen molar-refractivity contribution in [1.29, 1.82) is 0 Å². The van der Waals surface area contributed by atoms with Crippen molar-refractivity contribution >= 4 is 0 Å². The van der Waals surface area contributed by atoms with Crippen molar-refractivity contribution in [2.45, 2.75) is 63.9 Å². The van der Waals surface area contributed by atoms with E-state index in [0.29, 0.717) is 5.92 Å². The fourth-order valence-corrected chi connectivity index (χ4v) is 3.58. The van der Waals surface area contributed by atoms with Crippen LogP contribution < -0.4 is 0 Å². The molecule has 1 aromatic carbocycles. The quantitative estimate of drug-likeness (QED) is 0.824. The van der Waals surface area contributed by atoms with Gasteiger partial charge in [0, 0.05) is 0 Å². The number of aliphatic hydroxyl groups is 1. The number of benzene rings is 1. The molecule has 3 rings (SSSR count). The second kappa shape index (κ2) is 5.66. The molecule has 19 heavy (non-hydrogen) atoms. The molecule has 1 nitrogen and oxygen atoms in total. The molecule has 1 aromatic rings. The number of hydrogen-bond donors (Lipinski definition) is 1. The van der Waals surface area contributed by atoms with Crippen LogP contribution in [0.15, 0.2) is 24.3 Å². The van der Waals surface area contributed by atoms with E-state index in [4.69, 9.17) is 0 Å². The molecule has 0 bridgehead atoms. The van der Waals surface area contributed by atoms with Gasteiger partial charge in [0.2, 0.25) is 0 Å². The van der Waals surface area contributed by atoms with Crippen molar-refractivity contribution in [3.8, 4) is 0 Å². The molecule has 0 heterocycles. The van der Waals surface area contributed by atoms with Crippen LogP contribution in [0.25, 0.3) is 0 Å². The first-order valence-corrected chi connectivity index (χ1v) is 8.02. The van der Waals surface area contributed by atoms with Crippen molar-refractivity contribution in [3.63, 3.8) is 0 Å². The standard InChI is InChI=1S/C18H26O/c1-13-5-7-16(8-6-13)18(19)17-11-9-15(10-12-17)14-3-2-4-14/h9-14,16,18-19H,2-8H2,1H3. The monoisotopic (exact) mass is 258 g/mol. The molecular weight excluding hydrogens is 232 g/mol. The van der Waals surface area contributed by atoms with Crippen molar-refractivity contribution in [3.05, 3.63) is 35.4 Å². The Morgan fingerprint density at radius 1 is 0.947 bits per heavy atom. The minimum atomic E-state index is -0.247. The van der Waals surface area contributed by atoms with Crippen molar-refractivity contribution < 1.29 is 5.11 Å². The molecule has 2 fully saturated rings. The molecule has 0 radical (unpaired) electrons. The highest BCUT2D eigenvalue weighted by atomic mass is 16.3. The van der Waals surface area contributed by atoms with Crippen LogP contribution >= 0.6 is 0 Å². The van der Waals surface area contributed by atoms with Gasteiger partial charge < -0.3 is 5.11 Å². The van der Waals surface area contributed by atoms with E-state index in [9.17, 15) is 5.11 Å². The van der Waals surface area contributed by atoms with Crippen LogP contribution in [-0.4, -0.2) is 5.11 Å². The molecule has 2 saturated carbocycles. The van der Waals surface area contributed by atoms with Crippen molar-refractivity contribution in [2.75, 3.05) is 0 Å². The van der Waals surface area contributed by atoms with Crippen LogP contribution in [0.3, 0.4) is 0 Å². The van der Waals surface area contributed by atoms with Gasteiger partial charge in [-0.05, 0) is 54.6 Å². The smallest absolute Gasteiger partial charge is 0.0818 e. The summed E-state index contributed by atoms with van der Waals surface area (Å²) < 4.78 is 0. The van der Waals surface area contributed by atoms with E-state index in [1.165, 1.54) is 50.5 Å². The molecule has 1 N–H and O–H groups in total. The minimum Gasteiger partial charge on any atom is -0.388 e. The van der Waals surface area contributed by atoms with Gasteiger partial charge in [0.05, 0.1) is 6.10 Å². The Labute approximate surface area is 117 Å². The van der Waals surface area contributed by atoms with E-state index < -0.39 is 0 Å². The molecule has 2 aliphatic carbocycles. The summed E-state index contributed by atoms with van der Waals surface area (Å²) in [5.74, 6) is 2.12. The fourth-order valence-electron chi connectivity index (χ4n) is 3.58. The van der Waals surface area contributed by atoms with Crippen LogP contribution in [0.4, 0.5) is 0 Å². The van der Waals surface area contributed by atoms with Gasteiger partial charge in [-0.15, -0.1) is 0 Å². The summed E-state index contributed by atoms with van der Waals surface area (Å²) in [6, 6.07) is 8.81. The fraction of sp³-hybridized carbons (Fsp3) is 0.667. The summed E-state index contributed by atoms with van der Waals surface area (Å²) in [5.41, 5.74) is 2.60. The van der Waals surface area contributed by atoms with Gasteiger partial charge in [-0.25, -0.2) is 0 Å². The van der Waals surface area contributed by atoms with Crippen molar-refractivity contribution in [2.24, 2.45) is 11.8 Å². The average Bonchev–Trinajstić information content (AvgIpc) is 2.38. The number of rotatable bonds is 3. The number of aliphatic hydroxyl groups excluding tert-OH is 1. The molecule has 2 aliphatic rings. The summed E-state index contributed by atoms with van der Waals surface area (Å²) in [4.78, 5) is 0. The van der Waals surface area contributed by atoms with Crippen LogP contribution in [-0.2, 0) is 0 Å². The molecule has 1 atom stereocenters. The van der Waals surface area contributed by atoms with E-state index in [2.05, 4.69) is 31.2 Å². The lowest BCUT2D eigenvalue weighted by molar-refractivity contribution is 0.0755. The predicted octanol–water partition coefficient (Wildman–Crippen LogP) is 4.81. The highest BCUT2D eigenvalue weighted by Crippen LogP contribution is 2.39. The predicted molar refractivity (Wildman–Crippen MR) is 79.1 cm³/mol. The van der Waals surface area contributed by atoms with Crippen LogP contribution in [0.1, 0.15) is 75.0 Å². The van der Waals surface area contributed by atoms with Crippen molar-refractivity contribution in [1.82, 2.24) is 0 Å². The first kappa shape index (κ1) is 13.2. The zero-order valence-corrected chi connectivity index (χ0v) is 12.0. The van der Waals surface area contributed by atoms with E-state index in [-0.39, 0.29) is 6.10 Å². The summed E-state index contributed by atoms with van der Waals surface area (Å²) in [6.45, 7) is 2.33. The molecule has 104 valence electrons. The first-order valence-electron chi connectivity index (χ1n) is 8.02. The molecule has 0 amide bonds. The summed E-state index contributed by atoms with van der Waals surface area (Å²) in [6.07, 6.45) is 8.77. The SMILES string of the molecule is CC1CCC(C(O)c2ccc(C3CCC3)cc2)CC1. The van der Waals surface area contributed by atoms with Gasteiger partial charge in [0.15, 0.2) is 0 Å². The topological polar surface area (TPSA) is 20.2 Å². The van der Waals surface area contributed by atoms with Gasteiger partial charge in [0.25, 0.3) is 0 Å². The largest absolute Gasteiger partial charge is 0.388 e. The lowest BCUT2D eigenvalue weighted by Crippen LogP contribution is -2.19. The van der Waals surface area contributed by atoms with Gasteiger partial charge >= 0.3 is 0 Å². The highest BCUT2D eigenvalue weighted by molar-refractivity contribution is 5.28. The molecule has 1 unspecified atom stereocenters. The Bertz CT molecular complexity index is 396. The van der Waals surface area contributed by atoms with Crippen LogP contribution in [0, 0.1) is 11.8 Å². The third-order valence-electron chi connectivity index (χ3n) is 5.36. The van der Waals surface area contributed by atoms with Crippen LogP contribution in [0.5, 0.6) is 0 Å². The third kappa shape index (κ3) is 2.86. The summed E-state index contributed by atoms with van der Waals surface area (Å²) >= 11 is 0. The van der Waals surface area contributed by atoms with Crippen LogP contribution in [0.2, 0.25) is 0 Å².